The van der Waals surface area contributed by atoms with Gasteiger partial charge in [-0.2, -0.15) is 0 Å². The number of nitrogens with zero attached hydrogens (tertiary/aromatic N) is 3. The zero-order valence-corrected chi connectivity index (χ0v) is 16.5. The standard InChI is InChI=1S/C22H25N5O2/c1-16(28)26-10-12-27(13-11-26)21-7-6-18(15-25-21)22(29)23-9-8-17-14-24-20-5-3-2-4-19(17)20/h2-7,14-15,24H,8-13H2,1H3,(H,23,29). The number of fused-ring (bicyclic) bond motifs is 1. The summed E-state index contributed by atoms with van der Waals surface area (Å²) in [5, 5.41) is 4.16. The smallest absolute Gasteiger partial charge is 0.252 e. The number of benzene rings is 1. The maximum atomic E-state index is 12.4. The minimum atomic E-state index is -0.120. The molecular weight excluding hydrogens is 366 g/mol. The third-order valence-corrected chi connectivity index (χ3v) is 5.41. The van der Waals surface area contributed by atoms with E-state index in [1.165, 1.54) is 10.9 Å². The van der Waals surface area contributed by atoms with Crippen LogP contribution in [0.2, 0.25) is 0 Å². The van der Waals surface area contributed by atoms with Gasteiger partial charge >= 0.3 is 0 Å². The molecule has 7 nitrogen and oxygen atoms in total. The van der Waals surface area contributed by atoms with Gasteiger partial charge in [-0.1, -0.05) is 18.2 Å². The minimum Gasteiger partial charge on any atom is -0.361 e. The SMILES string of the molecule is CC(=O)N1CCN(c2ccc(C(=O)NCCc3c[nH]c4ccccc34)cn2)CC1. The summed E-state index contributed by atoms with van der Waals surface area (Å²) in [7, 11) is 0. The predicted molar refractivity (Wildman–Crippen MR) is 113 cm³/mol. The van der Waals surface area contributed by atoms with E-state index < -0.39 is 0 Å². The van der Waals surface area contributed by atoms with Crippen LogP contribution in [0.25, 0.3) is 10.9 Å². The lowest BCUT2D eigenvalue weighted by Crippen LogP contribution is -2.48. The van der Waals surface area contributed by atoms with Gasteiger partial charge in [-0.15, -0.1) is 0 Å². The molecular formula is C22H25N5O2. The number of H-pyrrole nitrogens is 1. The summed E-state index contributed by atoms with van der Waals surface area (Å²) in [4.78, 5) is 35.5. The molecule has 1 aliphatic rings. The van der Waals surface area contributed by atoms with Crippen molar-refractivity contribution in [3.05, 3.63) is 59.9 Å². The fourth-order valence-electron chi connectivity index (χ4n) is 3.71. The number of piperazine rings is 1. The second-order valence-corrected chi connectivity index (χ2v) is 7.26. The van der Waals surface area contributed by atoms with Crippen LogP contribution < -0.4 is 10.2 Å². The lowest BCUT2D eigenvalue weighted by Gasteiger charge is -2.34. The molecule has 0 atom stereocenters. The van der Waals surface area contributed by atoms with Crippen molar-refractivity contribution in [3.8, 4) is 0 Å². The molecule has 150 valence electrons. The maximum absolute atomic E-state index is 12.4. The van der Waals surface area contributed by atoms with Crippen molar-refractivity contribution in [3.63, 3.8) is 0 Å². The van der Waals surface area contributed by atoms with Crippen molar-refractivity contribution in [2.24, 2.45) is 0 Å². The molecule has 0 unspecified atom stereocenters. The zero-order chi connectivity index (χ0) is 20.2. The Bertz CT molecular complexity index is 1000. The van der Waals surface area contributed by atoms with Gasteiger partial charge in [-0.05, 0) is 30.2 Å². The van der Waals surface area contributed by atoms with Crippen molar-refractivity contribution < 1.29 is 9.59 Å². The number of nitrogens with one attached hydrogen (secondary N) is 2. The van der Waals surface area contributed by atoms with Crippen LogP contribution in [-0.4, -0.2) is 59.4 Å². The van der Waals surface area contributed by atoms with E-state index in [4.69, 9.17) is 0 Å². The number of para-hydroxylation sites is 1. The maximum Gasteiger partial charge on any atom is 0.252 e. The molecule has 2 N–H and O–H groups in total. The molecule has 3 aromatic rings. The number of aromatic nitrogens is 2. The first-order valence-electron chi connectivity index (χ1n) is 9.91. The van der Waals surface area contributed by atoms with Crippen molar-refractivity contribution in [2.75, 3.05) is 37.6 Å². The number of carbonyl (C=O) groups excluding carboxylic acids is 2. The molecule has 0 saturated carbocycles. The highest BCUT2D eigenvalue weighted by atomic mass is 16.2. The van der Waals surface area contributed by atoms with Gasteiger partial charge in [0.05, 0.1) is 5.56 Å². The lowest BCUT2D eigenvalue weighted by molar-refractivity contribution is -0.129. The highest BCUT2D eigenvalue weighted by molar-refractivity contribution is 5.94. The number of amides is 2. The Morgan fingerprint density at radius 2 is 1.90 bits per heavy atom. The van der Waals surface area contributed by atoms with Crippen LogP contribution in [0.3, 0.4) is 0 Å². The molecule has 1 fully saturated rings. The quantitative estimate of drug-likeness (QED) is 0.699. The van der Waals surface area contributed by atoms with E-state index >= 15 is 0 Å². The van der Waals surface area contributed by atoms with E-state index in [2.05, 4.69) is 26.3 Å². The number of pyridine rings is 1. The van der Waals surface area contributed by atoms with Crippen molar-refractivity contribution >= 4 is 28.5 Å². The van der Waals surface area contributed by atoms with E-state index in [1.54, 1.807) is 19.2 Å². The summed E-state index contributed by atoms with van der Waals surface area (Å²) in [6.45, 7) is 5.07. The van der Waals surface area contributed by atoms with Crippen molar-refractivity contribution in [1.29, 1.82) is 0 Å². The van der Waals surface area contributed by atoms with Crippen LogP contribution in [0.15, 0.2) is 48.8 Å². The fraction of sp³-hybridized carbons (Fsp3) is 0.318. The Morgan fingerprint density at radius 3 is 2.62 bits per heavy atom. The van der Waals surface area contributed by atoms with E-state index in [1.807, 2.05) is 35.4 Å². The van der Waals surface area contributed by atoms with Gasteiger partial charge in [-0.3, -0.25) is 9.59 Å². The molecule has 2 amide bonds. The molecule has 0 radical (unpaired) electrons. The first-order chi connectivity index (χ1) is 14.1. The minimum absolute atomic E-state index is 0.109. The summed E-state index contributed by atoms with van der Waals surface area (Å²) < 4.78 is 0. The van der Waals surface area contributed by atoms with E-state index in [0.717, 1.165) is 30.8 Å². The van der Waals surface area contributed by atoms with Crippen molar-refractivity contribution in [2.45, 2.75) is 13.3 Å². The van der Waals surface area contributed by atoms with Crippen LogP contribution >= 0.6 is 0 Å². The van der Waals surface area contributed by atoms with Crippen LogP contribution in [0.1, 0.15) is 22.8 Å². The summed E-state index contributed by atoms with van der Waals surface area (Å²) in [6.07, 6.45) is 4.38. The van der Waals surface area contributed by atoms with Gasteiger partial charge < -0.3 is 20.1 Å². The number of carbonyl (C=O) groups is 2. The van der Waals surface area contributed by atoms with Crippen LogP contribution in [0.5, 0.6) is 0 Å². The Kier molecular flexibility index (Phi) is 5.46. The topological polar surface area (TPSA) is 81.3 Å². The highest BCUT2D eigenvalue weighted by Gasteiger charge is 2.19. The van der Waals surface area contributed by atoms with Crippen molar-refractivity contribution in [1.82, 2.24) is 20.2 Å². The number of rotatable bonds is 5. The Hall–Kier alpha value is -3.35. The van der Waals surface area contributed by atoms with Gasteiger partial charge in [-0.25, -0.2) is 4.98 Å². The third-order valence-electron chi connectivity index (χ3n) is 5.41. The third kappa shape index (κ3) is 4.23. The largest absolute Gasteiger partial charge is 0.361 e. The summed E-state index contributed by atoms with van der Waals surface area (Å²) in [6, 6.07) is 11.8. The molecule has 0 spiro atoms. The molecule has 2 aromatic heterocycles. The molecule has 1 saturated heterocycles. The van der Waals surface area contributed by atoms with Gasteiger partial charge in [0.25, 0.3) is 5.91 Å². The Labute approximate surface area is 169 Å². The molecule has 0 bridgehead atoms. The first kappa shape index (κ1) is 19.0. The molecule has 4 rings (SSSR count). The van der Waals surface area contributed by atoms with Gasteiger partial charge in [0.2, 0.25) is 5.91 Å². The average molecular weight is 391 g/mol. The number of hydrogen-bond acceptors (Lipinski definition) is 4. The normalized spacial score (nSPS) is 14.2. The van der Waals surface area contributed by atoms with Crippen LogP contribution in [-0.2, 0) is 11.2 Å². The molecule has 7 heteroatoms. The highest BCUT2D eigenvalue weighted by Crippen LogP contribution is 2.18. The van der Waals surface area contributed by atoms with Gasteiger partial charge in [0, 0.05) is 62.9 Å². The van der Waals surface area contributed by atoms with Crippen LogP contribution in [0.4, 0.5) is 5.82 Å². The summed E-state index contributed by atoms with van der Waals surface area (Å²) in [5.41, 5.74) is 2.85. The molecule has 1 aromatic carbocycles. The fourth-order valence-corrected chi connectivity index (χ4v) is 3.71. The van der Waals surface area contributed by atoms with E-state index in [0.29, 0.717) is 25.2 Å². The van der Waals surface area contributed by atoms with Crippen LogP contribution in [0, 0.1) is 0 Å². The first-order valence-corrected chi connectivity index (χ1v) is 9.91. The Morgan fingerprint density at radius 1 is 1.10 bits per heavy atom. The van der Waals surface area contributed by atoms with E-state index in [9.17, 15) is 9.59 Å². The monoisotopic (exact) mass is 391 g/mol. The number of anilines is 1. The van der Waals surface area contributed by atoms with Gasteiger partial charge in [0.1, 0.15) is 5.82 Å². The molecule has 1 aliphatic heterocycles. The van der Waals surface area contributed by atoms with Gasteiger partial charge in [0.15, 0.2) is 0 Å². The summed E-state index contributed by atoms with van der Waals surface area (Å²) in [5.74, 6) is 0.825. The second-order valence-electron chi connectivity index (χ2n) is 7.26. The second kappa shape index (κ2) is 8.34. The average Bonchev–Trinajstić information content (AvgIpc) is 3.17. The zero-order valence-electron chi connectivity index (χ0n) is 16.5. The number of hydrogen-bond donors (Lipinski definition) is 2. The van der Waals surface area contributed by atoms with E-state index in [-0.39, 0.29) is 11.8 Å². The predicted octanol–water partition coefficient (Wildman–Crippen LogP) is 2.20. The molecule has 3 heterocycles. The Balaban J connectivity index is 1.30. The molecule has 29 heavy (non-hydrogen) atoms. The summed E-state index contributed by atoms with van der Waals surface area (Å²) >= 11 is 0. The molecule has 0 aliphatic carbocycles. The number of aromatic amines is 1. The lowest BCUT2D eigenvalue weighted by atomic mass is 10.1.